The number of carbonyl (C=O) groups is 1. The van der Waals surface area contributed by atoms with E-state index in [0.29, 0.717) is 17.2 Å². The van der Waals surface area contributed by atoms with Crippen LogP contribution in [0.25, 0.3) is 0 Å². The van der Waals surface area contributed by atoms with Crippen molar-refractivity contribution in [2.45, 2.75) is 11.8 Å². The summed E-state index contributed by atoms with van der Waals surface area (Å²) in [4.78, 5) is 12.8. The molecule has 0 aliphatic rings. The van der Waals surface area contributed by atoms with Gasteiger partial charge in [-0.1, -0.05) is 29.8 Å². The third-order valence-electron chi connectivity index (χ3n) is 4.90. The number of carbonyl (C=O) groups excluding carboxylic acids is 1. The molecule has 34 heavy (non-hydrogen) atoms. The zero-order valence-corrected chi connectivity index (χ0v) is 20.4. The van der Waals surface area contributed by atoms with Crippen molar-refractivity contribution in [3.05, 3.63) is 83.4 Å². The zero-order valence-electron chi connectivity index (χ0n) is 18.9. The van der Waals surface area contributed by atoms with Crippen molar-refractivity contribution >= 4 is 38.9 Å². The van der Waals surface area contributed by atoms with E-state index < -0.39 is 22.5 Å². The predicted molar refractivity (Wildman–Crippen MR) is 132 cm³/mol. The first-order valence-electron chi connectivity index (χ1n) is 10.1. The zero-order chi connectivity index (χ0) is 24.7. The highest BCUT2D eigenvalue weighted by Crippen LogP contribution is 2.31. The van der Waals surface area contributed by atoms with Crippen molar-refractivity contribution in [2.75, 3.05) is 25.1 Å². The van der Waals surface area contributed by atoms with Gasteiger partial charge in [0.05, 0.1) is 35.5 Å². The fraction of sp³-hybridized carbons (Fsp3) is 0.167. The maximum Gasteiger partial charge on any atom is 0.264 e. The molecule has 3 aromatic rings. The summed E-state index contributed by atoms with van der Waals surface area (Å²) in [5.74, 6) is 0.450. The molecule has 178 valence electrons. The first-order chi connectivity index (χ1) is 16.3. The Morgan fingerprint density at radius 1 is 1.00 bits per heavy atom. The van der Waals surface area contributed by atoms with E-state index >= 15 is 0 Å². The Morgan fingerprint density at radius 3 is 2.26 bits per heavy atom. The number of nitrogens with one attached hydrogen (secondary N) is 1. The van der Waals surface area contributed by atoms with Crippen molar-refractivity contribution in [3.63, 3.8) is 0 Å². The van der Waals surface area contributed by atoms with Crippen LogP contribution in [0.15, 0.2) is 82.8 Å². The molecule has 0 radical (unpaired) electrons. The van der Waals surface area contributed by atoms with Crippen LogP contribution >= 0.6 is 11.6 Å². The van der Waals surface area contributed by atoms with Crippen molar-refractivity contribution in [1.82, 2.24) is 5.43 Å². The second-order valence-corrected chi connectivity index (χ2v) is 9.37. The molecular formula is C24H24ClN3O5S. The second kappa shape index (κ2) is 11.0. The van der Waals surface area contributed by atoms with Crippen molar-refractivity contribution in [1.29, 1.82) is 0 Å². The van der Waals surface area contributed by atoms with Crippen molar-refractivity contribution in [2.24, 2.45) is 5.10 Å². The third-order valence-corrected chi connectivity index (χ3v) is 6.98. The number of hydrogen-bond donors (Lipinski definition) is 1. The number of benzene rings is 3. The lowest BCUT2D eigenvalue weighted by Gasteiger charge is -2.24. The average Bonchev–Trinajstić information content (AvgIpc) is 2.86. The lowest BCUT2D eigenvalue weighted by atomic mass is 10.1. The van der Waals surface area contributed by atoms with E-state index in [1.165, 1.54) is 37.4 Å². The summed E-state index contributed by atoms with van der Waals surface area (Å²) in [5.41, 5.74) is 3.95. The maximum absolute atomic E-state index is 13.4. The Morgan fingerprint density at radius 2 is 1.68 bits per heavy atom. The molecule has 0 atom stereocenters. The smallest absolute Gasteiger partial charge is 0.264 e. The lowest BCUT2D eigenvalue weighted by molar-refractivity contribution is -0.119. The van der Waals surface area contributed by atoms with Crippen LogP contribution in [0, 0.1) is 0 Å². The molecule has 8 nitrogen and oxygen atoms in total. The van der Waals surface area contributed by atoms with Gasteiger partial charge in [-0.2, -0.15) is 5.10 Å². The first-order valence-corrected chi connectivity index (χ1v) is 12.0. The van der Waals surface area contributed by atoms with E-state index in [4.69, 9.17) is 21.1 Å². The maximum atomic E-state index is 13.4. The highest BCUT2D eigenvalue weighted by atomic mass is 35.5. The predicted octanol–water partition coefficient (Wildman–Crippen LogP) is 4.09. The largest absolute Gasteiger partial charge is 0.497 e. The van der Waals surface area contributed by atoms with Gasteiger partial charge in [0.15, 0.2) is 0 Å². The molecule has 0 spiro atoms. The molecule has 0 saturated carbocycles. The monoisotopic (exact) mass is 501 g/mol. The number of sulfonamides is 1. The van der Waals surface area contributed by atoms with Gasteiger partial charge in [-0.25, -0.2) is 13.8 Å². The number of rotatable bonds is 9. The lowest BCUT2D eigenvalue weighted by Crippen LogP contribution is -2.39. The molecular weight excluding hydrogens is 478 g/mol. The number of methoxy groups -OCH3 is 2. The molecule has 1 amide bonds. The van der Waals surface area contributed by atoms with E-state index in [-0.39, 0.29) is 15.6 Å². The fourth-order valence-electron chi connectivity index (χ4n) is 3.05. The van der Waals surface area contributed by atoms with E-state index in [9.17, 15) is 13.2 Å². The number of ether oxygens (including phenoxy) is 2. The van der Waals surface area contributed by atoms with Crippen LogP contribution in [0.4, 0.5) is 5.69 Å². The van der Waals surface area contributed by atoms with Crippen molar-refractivity contribution in [3.8, 4) is 11.5 Å². The van der Waals surface area contributed by atoms with Crippen LogP contribution in [-0.4, -0.2) is 40.8 Å². The molecule has 0 aromatic heterocycles. The Kier molecular flexibility index (Phi) is 8.14. The molecule has 0 heterocycles. The van der Waals surface area contributed by atoms with Gasteiger partial charge in [0, 0.05) is 0 Å². The summed E-state index contributed by atoms with van der Waals surface area (Å²) in [7, 11) is -1.05. The fourth-order valence-corrected chi connectivity index (χ4v) is 4.74. The molecule has 3 aromatic carbocycles. The molecule has 0 aliphatic heterocycles. The number of hydrogen-bond acceptors (Lipinski definition) is 6. The number of nitrogens with zero attached hydrogens (tertiary/aromatic N) is 2. The van der Waals surface area contributed by atoms with Gasteiger partial charge in [0.1, 0.15) is 18.0 Å². The summed E-state index contributed by atoms with van der Waals surface area (Å²) in [6.45, 7) is 1.21. The number of hydrazone groups is 1. The van der Waals surface area contributed by atoms with E-state index in [1.54, 1.807) is 56.5 Å². The molecule has 0 fully saturated rings. The van der Waals surface area contributed by atoms with Gasteiger partial charge in [0.25, 0.3) is 15.9 Å². The molecule has 0 unspecified atom stereocenters. The van der Waals surface area contributed by atoms with E-state index in [1.807, 2.05) is 0 Å². The van der Waals surface area contributed by atoms with Crippen LogP contribution in [0.1, 0.15) is 12.5 Å². The van der Waals surface area contributed by atoms with Gasteiger partial charge >= 0.3 is 0 Å². The standard InChI is InChI=1S/C24H24ClN3O5S/c1-17(18-9-12-20(32-2)13-10-18)26-27-24(29)16-28(19-11-14-23(33-3)22(25)15-19)34(30,31)21-7-5-4-6-8-21/h4-15H,16H2,1-3H3,(H,27,29)/b26-17+. The SMILES string of the molecule is COc1ccc(/C(C)=N/NC(=O)CN(c2ccc(OC)c(Cl)c2)S(=O)(=O)c2ccccc2)cc1. The summed E-state index contributed by atoms with van der Waals surface area (Å²) >= 11 is 6.22. The number of halogens is 1. The minimum atomic E-state index is -4.07. The Labute approximate surface area is 203 Å². The topological polar surface area (TPSA) is 97.3 Å². The number of amides is 1. The minimum Gasteiger partial charge on any atom is -0.497 e. The van der Waals surface area contributed by atoms with Gasteiger partial charge < -0.3 is 9.47 Å². The Hall–Kier alpha value is -3.56. The molecule has 3 rings (SSSR count). The van der Waals surface area contributed by atoms with Gasteiger partial charge in [-0.15, -0.1) is 0 Å². The van der Waals surface area contributed by atoms with E-state index in [2.05, 4.69) is 10.5 Å². The number of anilines is 1. The van der Waals surface area contributed by atoms with Crippen molar-refractivity contribution < 1.29 is 22.7 Å². The van der Waals surface area contributed by atoms with Crippen LogP contribution in [0.3, 0.4) is 0 Å². The average molecular weight is 502 g/mol. The quantitative estimate of drug-likeness (QED) is 0.352. The molecule has 10 heteroatoms. The Balaban J connectivity index is 1.87. The van der Waals surface area contributed by atoms with Gasteiger partial charge in [-0.3, -0.25) is 9.10 Å². The molecule has 0 aliphatic carbocycles. The van der Waals surface area contributed by atoms with Crippen LogP contribution < -0.4 is 19.2 Å². The first kappa shape index (κ1) is 25.1. The van der Waals surface area contributed by atoms with Gasteiger partial charge in [0.2, 0.25) is 0 Å². The molecule has 0 saturated heterocycles. The summed E-state index contributed by atoms with van der Waals surface area (Å²) < 4.78 is 38.0. The second-order valence-electron chi connectivity index (χ2n) is 7.10. The van der Waals surface area contributed by atoms with Crippen LogP contribution in [0.5, 0.6) is 11.5 Å². The summed E-state index contributed by atoms with van der Waals surface area (Å²) in [6.07, 6.45) is 0. The summed E-state index contributed by atoms with van der Waals surface area (Å²) in [5, 5.41) is 4.32. The van der Waals surface area contributed by atoms with Gasteiger partial charge in [-0.05, 0) is 67.1 Å². The highest BCUT2D eigenvalue weighted by Gasteiger charge is 2.27. The minimum absolute atomic E-state index is 0.0349. The van der Waals surface area contributed by atoms with E-state index in [0.717, 1.165) is 9.87 Å². The summed E-state index contributed by atoms with van der Waals surface area (Å²) in [6, 6.07) is 19.5. The third kappa shape index (κ3) is 5.86. The highest BCUT2D eigenvalue weighted by molar-refractivity contribution is 7.92. The normalized spacial score (nSPS) is 11.6. The van der Waals surface area contributed by atoms with Crippen LogP contribution in [0.2, 0.25) is 5.02 Å². The Bertz CT molecular complexity index is 1280. The van der Waals surface area contributed by atoms with Crippen LogP contribution in [-0.2, 0) is 14.8 Å². The molecule has 0 bridgehead atoms. The molecule has 1 N–H and O–H groups in total.